The first-order chi connectivity index (χ1) is 10.2. The van der Waals surface area contributed by atoms with Gasteiger partial charge in [-0.25, -0.2) is 5.84 Å². The fourth-order valence-corrected chi connectivity index (χ4v) is 1.82. The summed E-state index contributed by atoms with van der Waals surface area (Å²) < 4.78 is 5.14. The van der Waals surface area contributed by atoms with Gasteiger partial charge in [-0.15, -0.1) is 0 Å². The predicted octanol–water partition coefficient (Wildman–Crippen LogP) is 1.55. The molecule has 21 heavy (non-hydrogen) atoms. The highest BCUT2D eigenvalue weighted by atomic mass is 16.5. The summed E-state index contributed by atoms with van der Waals surface area (Å²) in [6.07, 6.45) is 0. The number of anilines is 1. The maximum absolute atomic E-state index is 12.2. The molecule has 6 heteroatoms. The number of hydrogen-bond donors (Lipinski definition) is 3. The molecule has 0 saturated heterocycles. The Bertz CT molecular complexity index is 653. The van der Waals surface area contributed by atoms with Gasteiger partial charge in [-0.05, 0) is 36.4 Å². The zero-order chi connectivity index (χ0) is 15.2. The van der Waals surface area contributed by atoms with Gasteiger partial charge in [0.15, 0.2) is 0 Å². The summed E-state index contributed by atoms with van der Waals surface area (Å²) in [5, 5.41) is 2.74. The number of carbonyl (C=O) groups is 2. The van der Waals surface area contributed by atoms with E-state index < -0.39 is 5.91 Å². The molecule has 0 fully saturated rings. The number of nitrogens with one attached hydrogen (secondary N) is 2. The van der Waals surface area contributed by atoms with Crippen LogP contribution in [-0.2, 0) is 0 Å². The Balaban J connectivity index is 2.14. The van der Waals surface area contributed by atoms with Crippen molar-refractivity contribution in [3.8, 4) is 5.75 Å². The topological polar surface area (TPSA) is 93.4 Å². The lowest BCUT2D eigenvalue weighted by Gasteiger charge is -2.09. The summed E-state index contributed by atoms with van der Waals surface area (Å²) in [5.74, 6) is 4.86. The summed E-state index contributed by atoms with van der Waals surface area (Å²) in [5.41, 5.74) is 3.45. The molecule has 0 aliphatic rings. The van der Waals surface area contributed by atoms with Crippen LogP contribution < -0.4 is 21.3 Å². The quantitative estimate of drug-likeness (QED) is 0.451. The van der Waals surface area contributed by atoms with E-state index in [1.165, 1.54) is 7.11 Å². The summed E-state index contributed by atoms with van der Waals surface area (Å²) >= 11 is 0. The number of carbonyl (C=O) groups excluding carboxylic acids is 2. The minimum atomic E-state index is -0.391. The molecule has 0 aliphatic carbocycles. The lowest BCUT2D eigenvalue weighted by Crippen LogP contribution is -2.29. The molecule has 0 radical (unpaired) electrons. The van der Waals surface area contributed by atoms with Crippen LogP contribution >= 0.6 is 0 Å². The van der Waals surface area contributed by atoms with Crippen molar-refractivity contribution >= 4 is 17.5 Å². The van der Waals surface area contributed by atoms with Gasteiger partial charge in [0.05, 0.1) is 12.7 Å². The van der Waals surface area contributed by atoms with E-state index in [0.717, 1.165) is 0 Å². The number of hydrazine groups is 1. The van der Waals surface area contributed by atoms with Gasteiger partial charge in [0.2, 0.25) is 0 Å². The van der Waals surface area contributed by atoms with Crippen molar-refractivity contribution in [2.24, 2.45) is 5.84 Å². The maximum Gasteiger partial charge on any atom is 0.265 e. The molecule has 2 amide bonds. The molecule has 0 bridgehead atoms. The van der Waals surface area contributed by atoms with Crippen molar-refractivity contribution in [3.05, 3.63) is 59.7 Å². The molecule has 6 nitrogen and oxygen atoms in total. The number of methoxy groups -OCH3 is 1. The predicted molar refractivity (Wildman–Crippen MR) is 79.0 cm³/mol. The highest BCUT2D eigenvalue weighted by molar-refractivity contribution is 6.06. The number of nitrogens with two attached hydrogens (primary N) is 1. The first-order valence-electron chi connectivity index (χ1n) is 6.21. The smallest absolute Gasteiger partial charge is 0.265 e. The van der Waals surface area contributed by atoms with E-state index in [-0.39, 0.29) is 5.91 Å². The molecular formula is C15H15N3O3. The summed E-state index contributed by atoms with van der Waals surface area (Å²) in [6, 6.07) is 13.3. The second-order valence-electron chi connectivity index (χ2n) is 4.21. The molecule has 0 heterocycles. The van der Waals surface area contributed by atoms with E-state index in [1.54, 1.807) is 48.5 Å². The van der Waals surface area contributed by atoms with Crippen LogP contribution in [0.3, 0.4) is 0 Å². The van der Waals surface area contributed by atoms with Crippen LogP contribution in [0.4, 0.5) is 5.69 Å². The van der Waals surface area contributed by atoms with Crippen molar-refractivity contribution in [1.82, 2.24) is 5.43 Å². The highest BCUT2D eigenvalue weighted by Crippen LogP contribution is 2.19. The van der Waals surface area contributed by atoms with Crippen LogP contribution in [0.15, 0.2) is 48.5 Å². The molecule has 2 aromatic rings. The van der Waals surface area contributed by atoms with Crippen molar-refractivity contribution in [3.63, 3.8) is 0 Å². The number of nitrogen functional groups attached to an aromatic ring is 1. The molecule has 0 aliphatic heterocycles. The maximum atomic E-state index is 12.2. The van der Waals surface area contributed by atoms with Gasteiger partial charge in [0.25, 0.3) is 11.8 Å². The van der Waals surface area contributed by atoms with E-state index in [0.29, 0.717) is 22.6 Å². The van der Waals surface area contributed by atoms with Crippen molar-refractivity contribution in [2.75, 3.05) is 12.4 Å². The second-order valence-corrected chi connectivity index (χ2v) is 4.21. The lowest BCUT2D eigenvalue weighted by atomic mass is 10.1. The summed E-state index contributed by atoms with van der Waals surface area (Å²) in [7, 11) is 1.51. The molecule has 0 spiro atoms. The van der Waals surface area contributed by atoms with E-state index in [9.17, 15) is 9.59 Å². The average molecular weight is 285 g/mol. The zero-order valence-electron chi connectivity index (χ0n) is 11.4. The van der Waals surface area contributed by atoms with Gasteiger partial charge in [-0.2, -0.15) is 0 Å². The molecule has 0 saturated carbocycles. The third-order valence-electron chi connectivity index (χ3n) is 2.89. The Morgan fingerprint density at radius 2 is 1.67 bits per heavy atom. The molecular weight excluding hydrogens is 270 g/mol. The largest absolute Gasteiger partial charge is 0.496 e. The van der Waals surface area contributed by atoms with Crippen LogP contribution in [-0.4, -0.2) is 18.9 Å². The van der Waals surface area contributed by atoms with E-state index in [4.69, 9.17) is 10.6 Å². The molecule has 0 aromatic heterocycles. The van der Waals surface area contributed by atoms with Gasteiger partial charge in [-0.3, -0.25) is 15.0 Å². The Morgan fingerprint density at radius 3 is 2.29 bits per heavy atom. The van der Waals surface area contributed by atoms with Crippen LogP contribution in [0.25, 0.3) is 0 Å². The van der Waals surface area contributed by atoms with E-state index >= 15 is 0 Å². The molecule has 0 atom stereocenters. The third-order valence-corrected chi connectivity index (χ3v) is 2.89. The van der Waals surface area contributed by atoms with Gasteiger partial charge < -0.3 is 10.1 Å². The normalized spacial score (nSPS) is 9.81. The second kappa shape index (κ2) is 6.53. The zero-order valence-corrected chi connectivity index (χ0v) is 11.4. The standard InChI is InChI=1S/C15H15N3O3/c1-21-13-5-3-2-4-12(13)15(20)17-11-8-6-10(7-9-11)14(19)18-16/h2-9H,16H2,1H3,(H,17,20)(H,18,19). The number of ether oxygens (including phenoxy) is 1. The van der Waals surface area contributed by atoms with Crippen LogP contribution in [0.1, 0.15) is 20.7 Å². The van der Waals surface area contributed by atoms with Gasteiger partial charge in [0, 0.05) is 11.3 Å². The van der Waals surface area contributed by atoms with Crippen LogP contribution in [0, 0.1) is 0 Å². The summed E-state index contributed by atoms with van der Waals surface area (Å²) in [4.78, 5) is 23.5. The lowest BCUT2D eigenvalue weighted by molar-refractivity contribution is 0.0953. The van der Waals surface area contributed by atoms with E-state index in [2.05, 4.69) is 5.32 Å². The van der Waals surface area contributed by atoms with Gasteiger partial charge in [0.1, 0.15) is 5.75 Å². The number of amides is 2. The molecule has 2 rings (SSSR count). The van der Waals surface area contributed by atoms with Crippen LogP contribution in [0.5, 0.6) is 5.75 Å². The van der Waals surface area contributed by atoms with E-state index in [1.807, 2.05) is 5.43 Å². The minimum Gasteiger partial charge on any atom is -0.496 e. The average Bonchev–Trinajstić information content (AvgIpc) is 2.54. The Morgan fingerprint density at radius 1 is 1.00 bits per heavy atom. The first-order valence-corrected chi connectivity index (χ1v) is 6.21. The fourth-order valence-electron chi connectivity index (χ4n) is 1.82. The van der Waals surface area contributed by atoms with Crippen LogP contribution in [0.2, 0.25) is 0 Å². The third kappa shape index (κ3) is 3.37. The first kappa shape index (κ1) is 14.5. The minimum absolute atomic E-state index is 0.288. The summed E-state index contributed by atoms with van der Waals surface area (Å²) in [6.45, 7) is 0. The fraction of sp³-hybridized carbons (Fsp3) is 0.0667. The molecule has 108 valence electrons. The monoisotopic (exact) mass is 285 g/mol. The number of hydrogen-bond acceptors (Lipinski definition) is 4. The Kier molecular flexibility index (Phi) is 4.53. The highest BCUT2D eigenvalue weighted by Gasteiger charge is 2.11. The number of para-hydroxylation sites is 1. The SMILES string of the molecule is COc1ccccc1C(=O)Nc1ccc(C(=O)NN)cc1. The Hall–Kier alpha value is -2.86. The van der Waals surface area contributed by atoms with Crippen molar-refractivity contribution < 1.29 is 14.3 Å². The van der Waals surface area contributed by atoms with Crippen molar-refractivity contribution in [2.45, 2.75) is 0 Å². The Labute approximate surface area is 121 Å². The van der Waals surface area contributed by atoms with Gasteiger partial charge in [-0.1, -0.05) is 12.1 Å². The molecule has 2 aromatic carbocycles. The number of rotatable bonds is 4. The van der Waals surface area contributed by atoms with Gasteiger partial charge >= 0.3 is 0 Å². The number of benzene rings is 2. The molecule has 4 N–H and O–H groups in total. The van der Waals surface area contributed by atoms with Crippen molar-refractivity contribution in [1.29, 1.82) is 0 Å². The molecule has 0 unspecified atom stereocenters.